The van der Waals surface area contributed by atoms with Gasteiger partial charge in [-0.2, -0.15) is 0 Å². The van der Waals surface area contributed by atoms with E-state index in [0.29, 0.717) is 19.1 Å². The highest BCUT2D eigenvalue weighted by Gasteiger charge is 2.21. The van der Waals surface area contributed by atoms with Crippen LogP contribution in [0.2, 0.25) is 0 Å². The minimum atomic E-state index is -0.777. The summed E-state index contributed by atoms with van der Waals surface area (Å²) in [6.07, 6.45) is 3.81. The normalized spacial score (nSPS) is 23.2. The van der Waals surface area contributed by atoms with Gasteiger partial charge in [-0.05, 0) is 38.8 Å². The van der Waals surface area contributed by atoms with Crippen LogP contribution >= 0.6 is 0 Å². The van der Waals surface area contributed by atoms with Crippen LogP contribution in [0.3, 0.4) is 0 Å². The summed E-state index contributed by atoms with van der Waals surface area (Å²) in [6, 6.07) is 0.508. The van der Waals surface area contributed by atoms with Gasteiger partial charge in [0, 0.05) is 32.2 Å². The summed E-state index contributed by atoms with van der Waals surface area (Å²) in [5.74, 6) is 0. The van der Waals surface area contributed by atoms with Gasteiger partial charge in [-0.25, -0.2) is 4.79 Å². The van der Waals surface area contributed by atoms with Crippen LogP contribution in [-0.2, 0) is 0 Å². The fourth-order valence-corrected chi connectivity index (χ4v) is 2.71. The highest BCUT2D eigenvalue weighted by molar-refractivity contribution is 5.65. The highest BCUT2D eigenvalue weighted by Crippen LogP contribution is 2.10. The lowest BCUT2D eigenvalue weighted by molar-refractivity contribution is 0.128. The summed E-state index contributed by atoms with van der Waals surface area (Å²) in [7, 11) is 0. The van der Waals surface area contributed by atoms with Crippen LogP contribution in [0.1, 0.15) is 25.7 Å². The molecule has 2 rings (SSSR count). The number of amides is 1. The first-order chi connectivity index (χ1) is 8.25. The van der Waals surface area contributed by atoms with Gasteiger partial charge in [-0.15, -0.1) is 0 Å². The zero-order valence-electron chi connectivity index (χ0n) is 10.4. The van der Waals surface area contributed by atoms with Crippen molar-refractivity contribution in [1.29, 1.82) is 0 Å². The maximum absolute atomic E-state index is 10.7. The molecule has 0 unspecified atom stereocenters. The highest BCUT2D eigenvalue weighted by atomic mass is 16.4. The van der Waals surface area contributed by atoms with E-state index in [0.717, 1.165) is 25.9 Å². The molecule has 2 aliphatic rings. The largest absolute Gasteiger partial charge is 0.465 e. The lowest BCUT2D eigenvalue weighted by atomic mass is 10.1. The standard InChI is InChI=1S/C12H23N3O2/c16-12(17)15-8-3-11(4-9-15)13-5-10-14-6-1-2-7-14/h11,13H,1-10H2,(H,16,17). The van der Waals surface area contributed by atoms with Crippen molar-refractivity contribution in [3.8, 4) is 0 Å². The number of hydrogen-bond donors (Lipinski definition) is 2. The Morgan fingerprint density at radius 2 is 1.82 bits per heavy atom. The number of rotatable bonds is 4. The van der Waals surface area contributed by atoms with E-state index in [4.69, 9.17) is 5.11 Å². The van der Waals surface area contributed by atoms with Crippen LogP contribution < -0.4 is 5.32 Å². The summed E-state index contributed by atoms with van der Waals surface area (Å²) in [5.41, 5.74) is 0. The Kier molecular flexibility index (Phi) is 4.62. The molecule has 2 saturated heterocycles. The Labute approximate surface area is 103 Å². The van der Waals surface area contributed by atoms with E-state index in [9.17, 15) is 4.79 Å². The predicted molar refractivity (Wildman–Crippen MR) is 66.3 cm³/mol. The van der Waals surface area contributed by atoms with Crippen molar-refractivity contribution in [2.45, 2.75) is 31.7 Å². The second-order valence-electron chi connectivity index (χ2n) is 5.05. The summed E-state index contributed by atoms with van der Waals surface area (Å²) in [5, 5.41) is 12.4. The van der Waals surface area contributed by atoms with Gasteiger partial charge in [0.2, 0.25) is 0 Å². The van der Waals surface area contributed by atoms with Gasteiger partial charge in [-0.1, -0.05) is 0 Å². The summed E-state index contributed by atoms with van der Waals surface area (Å²) < 4.78 is 0. The lowest BCUT2D eigenvalue weighted by Crippen LogP contribution is -2.45. The van der Waals surface area contributed by atoms with E-state index in [-0.39, 0.29) is 0 Å². The van der Waals surface area contributed by atoms with E-state index >= 15 is 0 Å². The number of piperidine rings is 1. The van der Waals surface area contributed by atoms with Gasteiger partial charge in [0.15, 0.2) is 0 Å². The van der Waals surface area contributed by atoms with Crippen LogP contribution in [0.15, 0.2) is 0 Å². The quantitative estimate of drug-likeness (QED) is 0.765. The number of nitrogens with zero attached hydrogens (tertiary/aromatic N) is 2. The van der Waals surface area contributed by atoms with Gasteiger partial charge in [0.1, 0.15) is 0 Å². The first-order valence-electron chi connectivity index (χ1n) is 6.69. The summed E-state index contributed by atoms with van der Waals surface area (Å²) in [6.45, 7) is 6.03. The minimum Gasteiger partial charge on any atom is -0.465 e. The minimum absolute atomic E-state index is 0.508. The number of nitrogens with one attached hydrogen (secondary N) is 1. The molecule has 5 heteroatoms. The first kappa shape index (κ1) is 12.6. The van der Waals surface area contributed by atoms with Crippen molar-refractivity contribution in [2.75, 3.05) is 39.3 Å². The van der Waals surface area contributed by atoms with Crippen LogP contribution in [0.5, 0.6) is 0 Å². The Hall–Kier alpha value is -0.810. The molecule has 0 aromatic heterocycles. The van der Waals surface area contributed by atoms with Crippen LogP contribution in [0, 0.1) is 0 Å². The average Bonchev–Trinajstić information content (AvgIpc) is 2.83. The molecular formula is C12H23N3O2. The van der Waals surface area contributed by atoms with Gasteiger partial charge < -0.3 is 20.2 Å². The number of carbonyl (C=O) groups is 1. The molecule has 2 aliphatic heterocycles. The van der Waals surface area contributed by atoms with Crippen LogP contribution in [-0.4, -0.2) is 66.3 Å². The third-order valence-corrected chi connectivity index (χ3v) is 3.83. The second kappa shape index (κ2) is 6.21. The molecular weight excluding hydrogens is 218 g/mol. The molecule has 0 saturated carbocycles. The Balaban J connectivity index is 1.56. The average molecular weight is 241 g/mol. The number of likely N-dealkylation sites (tertiary alicyclic amines) is 2. The molecule has 2 heterocycles. The third kappa shape index (κ3) is 3.85. The second-order valence-corrected chi connectivity index (χ2v) is 5.05. The molecule has 17 heavy (non-hydrogen) atoms. The Morgan fingerprint density at radius 1 is 1.18 bits per heavy atom. The number of carboxylic acid groups (broad SMARTS) is 1. The van der Waals surface area contributed by atoms with Crippen molar-refractivity contribution in [3.63, 3.8) is 0 Å². The van der Waals surface area contributed by atoms with Crippen LogP contribution in [0.4, 0.5) is 4.79 Å². The molecule has 2 N–H and O–H groups in total. The van der Waals surface area contributed by atoms with Crippen molar-refractivity contribution in [3.05, 3.63) is 0 Å². The van der Waals surface area contributed by atoms with Crippen molar-refractivity contribution in [2.24, 2.45) is 0 Å². The zero-order chi connectivity index (χ0) is 12.1. The van der Waals surface area contributed by atoms with Crippen molar-refractivity contribution < 1.29 is 9.90 Å². The number of hydrogen-bond acceptors (Lipinski definition) is 3. The van der Waals surface area contributed by atoms with Crippen molar-refractivity contribution >= 4 is 6.09 Å². The van der Waals surface area contributed by atoms with Gasteiger partial charge >= 0.3 is 6.09 Å². The third-order valence-electron chi connectivity index (χ3n) is 3.83. The molecule has 0 aliphatic carbocycles. The maximum Gasteiger partial charge on any atom is 0.407 e. The molecule has 0 atom stereocenters. The van der Waals surface area contributed by atoms with E-state index in [1.807, 2.05) is 0 Å². The molecule has 0 aromatic carbocycles. The van der Waals surface area contributed by atoms with E-state index in [1.165, 1.54) is 30.8 Å². The first-order valence-corrected chi connectivity index (χ1v) is 6.69. The molecule has 5 nitrogen and oxygen atoms in total. The monoisotopic (exact) mass is 241 g/mol. The van der Waals surface area contributed by atoms with Gasteiger partial charge in [-0.3, -0.25) is 0 Å². The molecule has 1 amide bonds. The Morgan fingerprint density at radius 3 is 2.41 bits per heavy atom. The maximum atomic E-state index is 10.7. The summed E-state index contributed by atoms with van der Waals surface area (Å²) in [4.78, 5) is 14.8. The van der Waals surface area contributed by atoms with Gasteiger partial charge in [0.25, 0.3) is 0 Å². The fraction of sp³-hybridized carbons (Fsp3) is 0.917. The van der Waals surface area contributed by atoms with Gasteiger partial charge in [0.05, 0.1) is 0 Å². The van der Waals surface area contributed by atoms with Crippen LogP contribution in [0.25, 0.3) is 0 Å². The SMILES string of the molecule is O=C(O)N1CCC(NCCN2CCCC2)CC1. The molecule has 98 valence electrons. The molecule has 0 aromatic rings. The molecule has 0 radical (unpaired) electrons. The molecule has 0 spiro atoms. The predicted octanol–water partition coefficient (Wildman–Crippen LogP) is 0.814. The van der Waals surface area contributed by atoms with E-state index in [2.05, 4.69) is 10.2 Å². The van der Waals surface area contributed by atoms with E-state index < -0.39 is 6.09 Å². The smallest absolute Gasteiger partial charge is 0.407 e. The lowest BCUT2D eigenvalue weighted by Gasteiger charge is -2.31. The topological polar surface area (TPSA) is 55.8 Å². The fourth-order valence-electron chi connectivity index (χ4n) is 2.71. The molecule has 0 bridgehead atoms. The van der Waals surface area contributed by atoms with E-state index in [1.54, 1.807) is 0 Å². The molecule has 2 fully saturated rings. The zero-order valence-corrected chi connectivity index (χ0v) is 10.4. The Bertz CT molecular complexity index is 246. The summed E-state index contributed by atoms with van der Waals surface area (Å²) >= 11 is 0. The van der Waals surface area contributed by atoms with Crippen molar-refractivity contribution in [1.82, 2.24) is 15.1 Å².